The van der Waals surface area contributed by atoms with Crippen molar-refractivity contribution in [3.8, 4) is 5.75 Å². The summed E-state index contributed by atoms with van der Waals surface area (Å²) >= 11 is 0. The largest absolute Gasteiger partial charge is 0.459 e. The summed E-state index contributed by atoms with van der Waals surface area (Å²) < 4.78 is 35.2. The summed E-state index contributed by atoms with van der Waals surface area (Å²) in [5, 5.41) is 3.61. The summed E-state index contributed by atoms with van der Waals surface area (Å²) in [6, 6.07) is 15.6. The minimum Gasteiger partial charge on any atom is -0.459 e. The average molecular weight is 374 g/mol. The number of halogens is 2. The molecule has 1 unspecified atom stereocenters. The normalized spacial score (nSPS) is 12.5. The molecule has 0 aliphatic carbocycles. The summed E-state index contributed by atoms with van der Waals surface area (Å²) in [6.07, 6.45) is 0. The van der Waals surface area contributed by atoms with Gasteiger partial charge >= 0.3 is 6.61 Å². The molecule has 1 aromatic heterocycles. The lowest BCUT2D eigenvalue weighted by atomic mass is 10.2. The highest BCUT2D eigenvalue weighted by Crippen LogP contribution is 2.28. The smallest absolute Gasteiger partial charge is 0.387 e. The number of alkyl halides is 2. The second kappa shape index (κ2) is 8.18. The Morgan fingerprint density at radius 2 is 1.89 bits per heavy atom. The van der Waals surface area contributed by atoms with Crippen molar-refractivity contribution in [2.24, 2.45) is 0 Å². The van der Waals surface area contributed by atoms with Crippen molar-refractivity contribution in [3.63, 3.8) is 0 Å². The van der Waals surface area contributed by atoms with E-state index in [0.717, 1.165) is 16.7 Å². The van der Waals surface area contributed by atoms with Crippen LogP contribution in [0.4, 0.5) is 14.5 Å². The number of hydrogen-bond acceptors (Lipinski definition) is 4. The van der Waals surface area contributed by atoms with Crippen molar-refractivity contribution >= 4 is 22.6 Å². The van der Waals surface area contributed by atoms with E-state index >= 15 is 0 Å². The maximum atomic E-state index is 12.5. The summed E-state index contributed by atoms with van der Waals surface area (Å²) in [4.78, 5) is 14.2. The van der Waals surface area contributed by atoms with E-state index in [2.05, 4.69) is 10.1 Å². The Labute approximate surface area is 155 Å². The van der Waals surface area contributed by atoms with E-state index < -0.39 is 6.61 Å². The number of amides is 1. The van der Waals surface area contributed by atoms with E-state index in [4.69, 9.17) is 4.42 Å². The van der Waals surface area contributed by atoms with Crippen LogP contribution in [0.2, 0.25) is 0 Å². The number of fused-ring (bicyclic) bond motifs is 1. The Kier molecular flexibility index (Phi) is 5.71. The summed E-state index contributed by atoms with van der Waals surface area (Å²) in [5.41, 5.74) is 0.989. The summed E-state index contributed by atoms with van der Waals surface area (Å²) in [6.45, 7) is -0.973. The monoisotopic (exact) mass is 374 g/mol. The Morgan fingerprint density at radius 1 is 1.19 bits per heavy atom. The number of nitrogens with one attached hydrogen (secondary N) is 1. The zero-order valence-corrected chi connectivity index (χ0v) is 15.0. The molecule has 0 aliphatic rings. The molecular formula is C20H20F2N2O3. The van der Waals surface area contributed by atoms with Crippen LogP contribution < -0.4 is 10.1 Å². The van der Waals surface area contributed by atoms with Gasteiger partial charge in [-0.2, -0.15) is 8.78 Å². The molecule has 1 atom stereocenters. The van der Waals surface area contributed by atoms with Crippen molar-refractivity contribution in [2.45, 2.75) is 19.6 Å². The van der Waals surface area contributed by atoms with Gasteiger partial charge in [-0.25, -0.2) is 0 Å². The quantitative estimate of drug-likeness (QED) is 0.653. The van der Waals surface area contributed by atoms with E-state index in [1.807, 2.05) is 42.2 Å². The first kappa shape index (κ1) is 18.8. The van der Waals surface area contributed by atoms with Crippen molar-refractivity contribution in [2.75, 3.05) is 18.9 Å². The van der Waals surface area contributed by atoms with Crippen molar-refractivity contribution in [1.82, 2.24) is 4.90 Å². The van der Waals surface area contributed by atoms with Crippen molar-refractivity contribution in [1.29, 1.82) is 0 Å². The average Bonchev–Trinajstić information content (AvgIpc) is 3.06. The van der Waals surface area contributed by atoms with Gasteiger partial charge in [-0.3, -0.25) is 9.69 Å². The molecule has 3 aromatic rings. The first-order valence-electron chi connectivity index (χ1n) is 8.46. The van der Waals surface area contributed by atoms with E-state index in [1.54, 1.807) is 19.2 Å². The highest BCUT2D eigenvalue weighted by atomic mass is 19.3. The molecule has 0 bridgehead atoms. The second-order valence-electron chi connectivity index (χ2n) is 6.20. The fourth-order valence-electron chi connectivity index (χ4n) is 2.75. The van der Waals surface area contributed by atoms with Gasteiger partial charge < -0.3 is 14.5 Å². The number of para-hydroxylation sites is 3. The number of likely N-dealkylation sites (N-methyl/N-ethyl adjacent to an activating group) is 1. The predicted octanol–water partition coefficient (Wildman–Crippen LogP) is 4.67. The molecule has 5 nitrogen and oxygen atoms in total. The predicted molar refractivity (Wildman–Crippen MR) is 99.0 cm³/mol. The lowest BCUT2D eigenvalue weighted by Crippen LogP contribution is -2.32. The molecule has 0 saturated carbocycles. The number of rotatable bonds is 7. The number of carbonyl (C=O) groups is 1. The molecule has 27 heavy (non-hydrogen) atoms. The van der Waals surface area contributed by atoms with Gasteiger partial charge in [0.2, 0.25) is 5.91 Å². The number of hydrogen-bond donors (Lipinski definition) is 1. The number of nitrogens with zero attached hydrogens (tertiary/aromatic N) is 1. The maximum absolute atomic E-state index is 12.5. The van der Waals surface area contributed by atoms with Crippen LogP contribution in [-0.4, -0.2) is 31.0 Å². The van der Waals surface area contributed by atoms with Gasteiger partial charge in [0.1, 0.15) is 17.1 Å². The van der Waals surface area contributed by atoms with Gasteiger partial charge in [-0.05, 0) is 38.2 Å². The first-order chi connectivity index (χ1) is 12.9. The fourth-order valence-corrected chi connectivity index (χ4v) is 2.75. The van der Waals surface area contributed by atoms with Crippen LogP contribution in [0.15, 0.2) is 59.0 Å². The van der Waals surface area contributed by atoms with Gasteiger partial charge in [-0.15, -0.1) is 0 Å². The van der Waals surface area contributed by atoms with Gasteiger partial charge in [-0.1, -0.05) is 30.3 Å². The van der Waals surface area contributed by atoms with E-state index in [1.165, 1.54) is 12.1 Å². The van der Waals surface area contributed by atoms with E-state index in [0.29, 0.717) is 0 Å². The SMILES string of the molecule is CC(c1cc2ccccc2o1)N(C)CC(=O)Nc1ccccc1OC(F)F. The lowest BCUT2D eigenvalue weighted by Gasteiger charge is -2.22. The third-order valence-corrected chi connectivity index (χ3v) is 4.29. The Balaban J connectivity index is 1.65. The van der Waals surface area contributed by atoms with Crippen molar-refractivity contribution in [3.05, 3.63) is 60.4 Å². The minimum absolute atomic E-state index is 0.0568. The molecule has 7 heteroatoms. The highest BCUT2D eigenvalue weighted by molar-refractivity contribution is 5.93. The topological polar surface area (TPSA) is 54.7 Å². The molecule has 0 fully saturated rings. The number of anilines is 1. The maximum Gasteiger partial charge on any atom is 0.387 e. The molecule has 1 heterocycles. The molecule has 1 N–H and O–H groups in total. The standard InChI is InChI=1S/C20H20F2N2O3/c1-13(18-11-14-7-3-5-9-16(14)26-18)24(2)12-19(25)23-15-8-4-6-10-17(15)27-20(21)22/h3-11,13,20H,12H2,1-2H3,(H,23,25). The number of benzene rings is 2. The number of carbonyl (C=O) groups excluding carboxylic acids is 1. The van der Waals surface area contributed by atoms with Gasteiger partial charge in [0, 0.05) is 5.39 Å². The van der Waals surface area contributed by atoms with Crippen molar-refractivity contribution < 1.29 is 22.7 Å². The van der Waals surface area contributed by atoms with Crippen LogP contribution in [-0.2, 0) is 4.79 Å². The van der Waals surface area contributed by atoms with Crippen LogP contribution in [0.5, 0.6) is 5.75 Å². The van der Waals surface area contributed by atoms with Crippen LogP contribution in [0, 0.1) is 0 Å². The second-order valence-corrected chi connectivity index (χ2v) is 6.20. The lowest BCUT2D eigenvalue weighted by molar-refractivity contribution is -0.117. The Morgan fingerprint density at radius 3 is 2.63 bits per heavy atom. The summed E-state index contributed by atoms with van der Waals surface area (Å²) in [5.74, 6) is 0.326. The zero-order valence-electron chi connectivity index (χ0n) is 15.0. The Hall–Kier alpha value is -2.93. The molecule has 0 aliphatic heterocycles. The molecule has 3 rings (SSSR count). The molecular weight excluding hydrogens is 354 g/mol. The van der Waals surface area contributed by atoms with Crippen LogP contribution in [0.25, 0.3) is 11.0 Å². The number of ether oxygens (including phenoxy) is 1. The molecule has 1 amide bonds. The van der Waals surface area contributed by atoms with Gasteiger partial charge in [0.05, 0.1) is 18.3 Å². The molecule has 0 radical (unpaired) electrons. The molecule has 142 valence electrons. The molecule has 2 aromatic carbocycles. The van der Waals surface area contributed by atoms with E-state index in [-0.39, 0.29) is 29.9 Å². The van der Waals surface area contributed by atoms with Gasteiger partial charge in [0.25, 0.3) is 0 Å². The van der Waals surface area contributed by atoms with Gasteiger partial charge in [0.15, 0.2) is 0 Å². The third-order valence-electron chi connectivity index (χ3n) is 4.29. The van der Waals surface area contributed by atoms with Crippen LogP contribution >= 0.6 is 0 Å². The fraction of sp³-hybridized carbons (Fsp3) is 0.250. The summed E-state index contributed by atoms with van der Waals surface area (Å²) in [7, 11) is 1.79. The van der Waals surface area contributed by atoms with E-state index in [9.17, 15) is 13.6 Å². The molecule has 0 spiro atoms. The molecule has 0 saturated heterocycles. The minimum atomic E-state index is -2.96. The van der Waals surface area contributed by atoms with Crippen LogP contribution in [0.1, 0.15) is 18.7 Å². The van der Waals surface area contributed by atoms with Crippen LogP contribution in [0.3, 0.4) is 0 Å². The third kappa shape index (κ3) is 4.62. The zero-order chi connectivity index (χ0) is 19.4. The Bertz CT molecular complexity index is 893. The first-order valence-corrected chi connectivity index (χ1v) is 8.46. The number of furan rings is 1. The highest BCUT2D eigenvalue weighted by Gasteiger charge is 2.19.